The molecule has 1 saturated heterocycles. The number of amides is 1. The van der Waals surface area contributed by atoms with E-state index in [4.69, 9.17) is 14.2 Å². The molecule has 0 bridgehead atoms. The summed E-state index contributed by atoms with van der Waals surface area (Å²) in [6, 6.07) is 0. The average Bonchev–Trinajstić information content (AvgIpc) is 3.44. The second kappa shape index (κ2) is 7.82. The van der Waals surface area contributed by atoms with E-state index >= 15 is 0 Å². The Balaban J connectivity index is 1.36. The highest BCUT2D eigenvalue weighted by Crippen LogP contribution is 2.73. The van der Waals surface area contributed by atoms with Crippen molar-refractivity contribution in [2.24, 2.45) is 33.7 Å². The van der Waals surface area contributed by atoms with Crippen molar-refractivity contribution < 1.29 is 23.8 Å². The van der Waals surface area contributed by atoms with Gasteiger partial charge in [0.1, 0.15) is 11.7 Å². The monoisotopic (exact) mass is 458 g/mol. The summed E-state index contributed by atoms with van der Waals surface area (Å²) in [5, 5.41) is 4.40. The highest BCUT2D eigenvalue weighted by Gasteiger charge is 2.78. The summed E-state index contributed by atoms with van der Waals surface area (Å²) in [5.41, 5.74) is 4.79. The second-order valence-corrected chi connectivity index (χ2v) is 11.3. The molecule has 0 aromatic carbocycles. The number of nitrogens with one attached hydrogen (secondary N) is 1. The van der Waals surface area contributed by atoms with Gasteiger partial charge in [0.15, 0.2) is 0 Å². The van der Waals surface area contributed by atoms with E-state index in [1.54, 1.807) is 6.92 Å². The molecule has 7 heteroatoms. The third-order valence-electron chi connectivity index (χ3n) is 9.95. The number of ether oxygens (including phenoxy) is 3. The average molecular weight is 459 g/mol. The summed E-state index contributed by atoms with van der Waals surface area (Å²) in [6.45, 7) is 10.5. The first-order valence-corrected chi connectivity index (χ1v) is 12.7. The first-order chi connectivity index (χ1) is 15.7. The minimum absolute atomic E-state index is 0.0272. The minimum Gasteiger partial charge on any atom is -0.462 e. The second-order valence-electron chi connectivity index (χ2n) is 11.3. The molecule has 5 aliphatic rings. The van der Waals surface area contributed by atoms with Gasteiger partial charge in [0.2, 0.25) is 0 Å². The van der Waals surface area contributed by atoms with E-state index in [0.717, 1.165) is 44.2 Å². The quantitative estimate of drug-likeness (QED) is 0.216. The molecule has 1 aliphatic heterocycles. The van der Waals surface area contributed by atoms with Crippen molar-refractivity contribution in [3.05, 3.63) is 11.6 Å². The van der Waals surface area contributed by atoms with Crippen molar-refractivity contribution >= 4 is 17.8 Å². The molecule has 8 atom stereocenters. The zero-order valence-corrected chi connectivity index (χ0v) is 20.6. The number of rotatable bonds is 4. The van der Waals surface area contributed by atoms with Crippen LogP contribution < -0.4 is 5.43 Å². The van der Waals surface area contributed by atoms with Crippen LogP contribution >= 0.6 is 0 Å². The van der Waals surface area contributed by atoms with Crippen LogP contribution in [0.5, 0.6) is 0 Å². The summed E-state index contributed by atoms with van der Waals surface area (Å²) in [7, 11) is 0. The van der Waals surface area contributed by atoms with Crippen LogP contribution in [0.3, 0.4) is 0 Å². The topological polar surface area (TPSA) is 89.5 Å². The van der Waals surface area contributed by atoms with E-state index in [9.17, 15) is 9.59 Å². The number of carbonyl (C=O) groups excluding carboxylic acids is 2. The van der Waals surface area contributed by atoms with E-state index in [1.165, 1.54) is 18.9 Å². The lowest BCUT2D eigenvalue weighted by Gasteiger charge is -2.58. The maximum absolute atomic E-state index is 11.8. The number of hydrogen-bond donors (Lipinski definition) is 1. The Morgan fingerprint density at radius 3 is 2.73 bits per heavy atom. The van der Waals surface area contributed by atoms with Gasteiger partial charge < -0.3 is 14.2 Å². The number of allylic oxidation sites excluding steroid dienone is 1. The van der Waals surface area contributed by atoms with Gasteiger partial charge in [0, 0.05) is 18.8 Å². The fourth-order valence-electron chi connectivity index (χ4n) is 8.42. The maximum atomic E-state index is 11.8. The Morgan fingerprint density at radius 1 is 1.21 bits per heavy atom. The molecule has 5 rings (SSSR count). The third-order valence-corrected chi connectivity index (χ3v) is 9.95. The van der Waals surface area contributed by atoms with Crippen molar-refractivity contribution in [3.63, 3.8) is 0 Å². The molecule has 1 heterocycles. The zero-order chi connectivity index (χ0) is 23.6. The van der Waals surface area contributed by atoms with Crippen LogP contribution in [0.4, 0.5) is 4.79 Å². The fraction of sp³-hybridized carbons (Fsp3) is 0.808. The van der Waals surface area contributed by atoms with Crippen LogP contribution in [0.15, 0.2) is 16.8 Å². The number of nitrogens with zero attached hydrogens (tertiary/aromatic N) is 1. The summed E-state index contributed by atoms with van der Waals surface area (Å²) < 4.78 is 16.9. The molecular formula is C26H38N2O5. The molecule has 0 unspecified atom stereocenters. The standard InChI is InChI=1S/C26H38N2O5/c1-6-31-23(30)28-27-15(2)26-22(33-26)14-21-19-8-7-17-13-18(32-16(3)29)9-11-24(17,4)20(19)10-12-25(21,26)5/h7,18-22H,6,8-14H2,1-5H3,(H,28,30)/b27-15+/t18-,19-,20+,21+,22-,24+,25+,26-/m1/s1. The maximum Gasteiger partial charge on any atom is 0.427 e. The number of epoxide rings is 1. The number of hydrazone groups is 1. The van der Waals surface area contributed by atoms with Crippen LogP contribution in [0.1, 0.15) is 79.6 Å². The van der Waals surface area contributed by atoms with Crippen molar-refractivity contribution in [1.29, 1.82) is 0 Å². The van der Waals surface area contributed by atoms with Crippen molar-refractivity contribution in [3.8, 4) is 0 Å². The van der Waals surface area contributed by atoms with Crippen LogP contribution in [-0.4, -0.2) is 42.2 Å². The Morgan fingerprint density at radius 2 is 2.00 bits per heavy atom. The van der Waals surface area contributed by atoms with Crippen molar-refractivity contribution in [1.82, 2.24) is 5.43 Å². The van der Waals surface area contributed by atoms with Gasteiger partial charge in [0.25, 0.3) is 0 Å². The fourth-order valence-corrected chi connectivity index (χ4v) is 8.42. The molecule has 33 heavy (non-hydrogen) atoms. The SMILES string of the molecule is CCOC(=O)N/N=C(\C)[C@@]12O[C@@H]1C[C@H]1[C@@H]3CC=C4C[C@H](OC(C)=O)CC[C@]4(C)[C@H]3CC[C@@]12C. The van der Waals surface area contributed by atoms with E-state index < -0.39 is 6.09 Å². The Kier molecular flexibility index (Phi) is 5.42. The van der Waals surface area contributed by atoms with Crippen LogP contribution in [0, 0.1) is 28.6 Å². The van der Waals surface area contributed by atoms with E-state index in [2.05, 4.69) is 30.5 Å². The lowest BCUT2D eigenvalue weighted by molar-refractivity contribution is -0.148. The van der Waals surface area contributed by atoms with Crippen LogP contribution in [0.25, 0.3) is 0 Å². The first kappa shape index (κ1) is 22.9. The van der Waals surface area contributed by atoms with Gasteiger partial charge >= 0.3 is 12.1 Å². The third kappa shape index (κ3) is 3.28. The largest absolute Gasteiger partial charge is 0.462 e. The summed E-state index contributed by atoms with van der Waals surface area (Å²) in [5.74, 6) is 1.72. The smallest absolute Gasteiger partial charge is 0.427 e. The normalized spacial score (nSPS) is 45.5. The molecule has 0 aromatic rings. The molecule has 4 aliphatic carbocycles. The van der Waals surface area contributed by atoms with Gasteiger partial charge in [-0.1, -0.05) is 25.5 Å². The highest BCUT2D eigenvalue weighted by molar-refractivity contribution is 5.95. The lowest BCUT2D eigenvalue weighted by atomic mass is 9.47. The van der Waals surface area contributed by atoms with E-state index in [-0.39, 0.29) is 34.6 Å². The van der Waals surface area contributed by atoms with Gasteiger partial charge in [-0.2, -0.15) is 5.10 Å². The number of carbonyl (C=O) groups is 2. The molecule has 3 saturated carbocycles. The minimum atomic E-state index is -0.518. The van der Waals surface area contributed by atoms with Gasteiger partial charge in [-0.3, -0.25) is 4.79 Å². The predicted octanol–water partition coefficient (Wildman–Crippen LogP) is 4.75. The molecular weight excluding hydrogens is 420 g/mol. The molecule has 0 radical (unpaired) electrons. The molecule has 1 amide bonds. The number of fused-ring (bicyclic) bond motifs is 7. The van der Waals surface area contributed by atoms with Crippen LogP contribution in [-0.2, 0) is 19.0 Å². The van der Waals surface area contributed by atoms with Crippen molar-refractivity contribution in [2.45, 2.75) is 97.4 Å². The Bertz CT molecular complexity index is 914. The van der Waals surface area contributed by atoms with Gasteiger partial charge in [-0.05, 0) is 75.5 Å². The lowest BCUT2D eigenvalue weighted by Crippen LogP contribution is -2.54. The van der Waals surface area contributed by atoms with Gasteiger partial charge in [-0.25, -0.2) is 10.2 Å². The van der Waals surface area contributed by atoms with Gasteiger partial charge in [-0.15, -0.1) is 0 Å². The molecule has 4 fully saturated rings. The number of esters is 1. The molecule has 0 aromatic heterocycles. The predicted molar refractivity (Wildman–Crippen MR) is 124 cm³/mol. The molecule has 0 spiro atoms. The highest BCUT2D eigenvalue weighted by atomic mass is 16.6. The number of hydrogen-bond acceptors (Lipinski definition) is 6. The van der Waals surface area contributed by atoms with Crippen LogP contribution in [0.2, 0.25) is 0 Å². The molecule has 7 nitrogen and oxygen atoms in total. The Hall–Kier alpha value is -1.89. The summed E-state index contributed by atoms with van der Waals surface area (Å²) >= 11 is 0. The Labute approximate surface area is 196 Å². The summed E-state index contributed by atoms with van der Waals surface area (Å²) in [6.07, 6.45) is 9.59. The molecule has 182 valence electrons. The van der Waals surface area contributed by atoms with E-state index in [1.807, 2.05) is 6.92 Å². The first-order valence-electron chi connectivity index (χ1n) is 12.7. The van der Waals surface area contributed by atoms with Gasteiger partial charge in [0.05, 0.1) is 18.4 Å². The van der Waals surface area contributed by atoms with Crippen molar-refractivity contribution in [2.75, 3.05) is 6.61 Å². The molecule has 1 N–H and O–H groups in total. The summed E-state index contributed by atoms with van der Waals surface area (Å²) in [4.78, 5) is 23.3. The van der Waals surface area contributed by atoms with E-state index in [0.29, 0.717) is 24.4 Å². The zero-order valence-electron chi connectivity index (χ0n) is 20.6.